The van der Waals surface area contributed by atoms with Crippen LogP contribution in [-0.2, 0) is 27.8 Å². The zero-order chi connectivity index (χ0) is 21.6. The number of carbonyl (C=O) groups excluding carboxylic acids is 1. The zero-order valence-electron chi connectivity index (χ0n) is 17.7. The Kier molecular flexibility index (Phi) is 5.10. The molecular formula is C24H27N3O3S. The van der Waals surface area contributed by atoms with Crippen molar-refractivity contribution in [2.75, 3.05) is 13.1 Å². The molecule has 6 nitrogen and oxygen atoms in total. The molecule has 0 unspecified atom stereocenters. The molecular weight excluding hydrogens is 410 g/mol. The summed E-state index contributed by atoms with van der Waals surface area (Å²) in [6, 6.07) is 14.4. The quantitative estimate of drug-likeness (QED) is 0.680. The summed E-state index contributed by atoms with van der Waals surface area (Å²) in [6.07, 6.45) is 2.97. The van der Waals surface area contributed by atoms with Gasteiger partial charge in [0, 0.05) is 48.2 Å². The van der Waals surface area contributed by atoms with Crippen LogP contribution in [0.15, 0.2) is 53.4 Å². The van der Waals surface area contributed by atoms with E-state index in [0.29, 0.717) is 26.1 Å². The Morgan fingerprint density at radius 2 is 1.81 bits per heavy atom. The van der Waals surface area contributed by atoms with Crippen molar-refractivity contribution in [1.82, 2.24) is 14.2 Å². The number of aryl methyl sites for hydroxylation is 1. The van der Waals surface area contributed by atoms with Gasteiger partial charge in [-0.15, -0.1) is 0 Å². The molecule has 1 N–H and O–H groups in total. The van der Waals surface area contributed by atoms with Gasteiger partial charge >= 0.3 is 0 Å². The molecule has 2 aliphatic heterocycles. The van der Waals surface area contributed by atoms with Crippen molar-refractivity contribution in [3.63, 3.8) is 0 Å². The van der Waals surface area contributed by atoms with Crippen molar-refractivity contribution in [2.24, 2.45) is 0 Å². The molecule has 3 aromatic rings. The standard InChI is InChI=1S/C24H27N3O3S/c1-17-9-11-18(12-10-17)31(29,30)27-14-5-4-8-23(27)24(28)26-15-13-22-20(16-26)19-6-2-3-7-21(19)25-22/h2-3,6-7,9-12,23,25H,4-5,8,13-16H2,1H3/t23-/m1/s1. The Hall–Kier alpha value is -2.64. The maximum Gasteiger partial charge on any atom is 0.243 e. The predicted octanol–water partition coefficient (Wildman–Crippen LogP) is 3.60. The number of carbonyl (C=O) groups is 1. The molecule has 3 heterocycles. The molecule has 1 atom stereocenters. The third-order valence-electron chi connectivity index (χ3n) is 6.56. The van der Waals surface area contributed by atoms with Crippen molar-refractivity contribution >= 4 is 26.8 Å². The van der Waals surface area contributed by atoms with Gasteiger partial charge in [0.25, 0.3) is 0 Å². The molecule has 2 aliphatic rings. The highest BCUT2D eigenvalue weighted by Gasteiger charge is 2.40. The van der Waals surface area contributed by atoms with Crippen molar-refractivity contribution in [1.29, 1.82) is 0 Å². The number of fused-ring (bicyclic) bond motifs is 3. The van der Waals surface area contributed by atoms with Crippen LogP contribution < -0.4 is 0 Å². The van der Waals surface area contributed by atoms with Crippen LogP contribution in [0.4, 0.5) is 0 Å². The van der Waals surface area contributed by atoms with Gasteiger partial charge in [-0.05, 0) is 38.0 Å². The van der Waals surface area contributed by atoms with Gasteiger partial charge in [0.15, 0.2) is 0 Å². The van der Waals surface area contributed by atoms with Crippen LogP contribution in [0.5, 0.6) is 0 Å². The number of rotatable bonds is 3. The maximum atomic E-state index is 13.6. The summed E-state index contributed by atoms with van der Waals surface area (Å²) in [7, 11) is -3.72. The summed E-state index contributed by atoms with van der Waals surface area (Å²) in [5.74, 6) is -0.0775. The topological polar surface area (TPSA) is 73.5 Å². The molecule has 0 saturated carbocycles. The van der Waals surface area contributed by atoms with Crippen molar-refractivity contribution < 1.29 is 13.2 Å². The van der Waals surface area contributed by atoms with Gasteiger partial charge in [-0.3, -0.25) is 4.79 Å². The van der Waals surface area contributed by atoms with Gasteiger partial charge in [-0.2, -0.15) is 4.31 Å². The molecule has 1 aromatic heterocycles. The summed E-state index contributed by atoms with van der Waals surface area (Å²) in [6.45, 7) is 3.44. The second kappa shape index (κ2) is 7.80. The maximum absolute atomic E-state index is 13.6. The van der Waals surface area contributed by atoms with E-state index in [4.69, 9.17) is 0 Å². The number of hydrogen-bond acceptors (Lipinski definition) is 3. The van der Waals surface area contributed by atoms with E-state index >= 15 is 0 Å². The lowest BCUT2D eigenvalue weighted by molar-refractivity contribution is -0.137. The van der Waals surface area contributed by atoms with Gasteiger partial charge in [-0.1, -0.05) is 42.3 Å². The van der Waals surface area contributed by atoms with Crippen molar-refractivity contribution in [2.45, 2.75) is 50.1 Å². The summed E-state index contributed by atoms with van der Waals surface area (Å²) < 4.78 is 28.2. The monoisotopic (exact) mass is 437 g/mol. The molecule has 1 saturated heterocycles. The first kappa shape index (κ1) is 20.3. The molecule has 7 heteroatoms. The smallest absolute Gasteiger partial charge is 0.243 e. The number of nitrogens with zero attached hydrogens (tertiary/aromatic N) is 2. The van der Waals surface area contributed by atoms with Crippen LogP contribution >= 0.6 is 0 Å². The molecule has 0 radical (unpaired) electrons. The lowest BCUT2D eigenvalue weighted by Crippen LogP contribution is -2.53. The normalized spacial score (nSPS) is 20.0. The van der Waals surface area contributed by atoms with E-state index in [-0.39, 0.29) is 10.8 Å². The Bertz CT molecular complexity index is 1230. The first-order chi connectivity index (χ1) is 14.9. The number of piperidine rings is 1. The Morgan fingerprint density at radius 3 is 2.61 bits per heavy atom. The van der Waals surface area contributed by atoms with Gasteiger partial charge in [0.2, 0.25) is 15.9 Å². The third kappa shape index (κ3) is 3.55. The first-order valence-electron chi connectivity index (χ1n) is 10.9. The highest BCUT2D eigenvalue weighted by atomic mass is 32.2. The molecule has 0 spiro atoms. The van der Waals surface area contributed by atoms with Crippen LogP contribution in [0.3, 0.4) is 0 Å². The molecule has 162 valence electrons. The minimum absolute atomic E-state index is 0.0775. The fourth-order valence-electron chi connectivity index (χ4n) is 4.85. The fourth-order valence-corrected chi connectivity index (χ4v) is 6.50. The molecule has 31 heavy (non-hydrogen) atoms. The summed E-state index contributed by atoms with van der Waals surface area (Å²) >= 11 is 0. The average Bonchev–Trinajstić information content (AvgIpc) is 3.17. The fraction of sp³-hybridized carbons (Fsp3) is 0.375. The molecule has 2 aromatic carbocycles. The van der Waals surface area contributed by atoms with E-state index in [9.17, 15) is 13.2 Å². The lowest BCUT2D eigenvalue weighted by Gasteiger charge is -2.38. The Morgan fingerprint density at radius 1 is 1.03 bits per heavy atom. The molecule has 1 fully saturated rings. The molecule has 0 bridgehead atoms. The minimum Gasteiger partial charge on any atom is -0.358 e. The van der Waals surface area contributed by atoms with E-state index in [1.165, 1.54) is 10.00 Å². The van der Waals surface area contributed by atoms with Gasteiger partial charge in [-0.25, -0.2) is 8.42 Å². The van der Waals surface area contributed by atoms with Crippen LogP contribution in [0.2, 0.25) is 0 Å². The van der Waals surface area contributed by atoms with E-state index in [2.05, 4.69) is 17.1 Å². The number of nitrogens with one attached hydrogen (secondary N) is 1. The zero-order valence-corrected chi connectivity index (χ0v) is 18.5. The van der Waals surface area contributed by atoms with E-state index < -0.39 is 16.1 Å². The number of sulfonamides is 1. The number of hydrogen-bond donors (Lipinski definition) is 1. The van der Waals surface area contributed by atoms with Crippen LogP contribution in [0.25, 0.3) is 10.9 Å². The van der Waals surface area contributed by atoms with Crippen LogP contribution in [0.1, 0.15) is 36.1 Å². The molecule has 5 rings (SSSR count). The number of aromatic amines is 1. The second-order valence-corrected chi connectivity index (χ2v) is 10.5. The number of amides is 1. The van der Waals surface area contributed by atoms with Gasteiger partial charge in [0.05, 0.1) is 4.90 Å². The third-order valence-corrected chi connectivity index (χ3v) is 8.48. The minimum atomic E-state index is -3.72. The lowest BCUT2D eigenvalue weighted by atomic mass is 10.0. The average molecular weight is 438 g/mol. The summed E-state index contributed by atoms with van der Waals surface area (Å²) in [4.78, 5) is 19.1. The first-order valence-corrected chi connectivity index (χ1v) is 12.3. The summed E-state index contributed by atoms with van der Waals surface area (Å²) in [5.41, 5.74) is 4.42. The van der Waals surface area contributed by atoms with E-state index in [0.717, 1.165) is 41.3 Å². The van der Waals surface area contributed by atoms with E-state index in [1.807, 2.05) is 24.0 Å². The van der Waals surface area contributed by atoms with Gasteiger partial charge in [0.1, 0.15) is 6.04 Å². The SMILES string of the molecule is Cc1ccc(S(=O)(=O)N2CCCC[C@@H]2C(=O)N2CCc3[nH]c4ccccc4c3C2)cc1. The number of aromatic nitrogens is 1. The molecule has 0 aliphatic carbocycles. The summed E-state index contributed by atoms with van der Waals surface area (Å²) in [5, 5.41) is 1.14. The van der Waals surface area contributed by atoms with Crippen LogP contribution in [0, 0.1) is 6.92 Å². The highest BCUT2D eigenvalue weighted by Crippen LogP contribution is 2.31. The number of H-pyrrole nitrogens is 1. The second-order valence-electron chi connectivity index (χ2n) is 8.58. The van der Waals surface area contributed by atoms with Crippen molar-refractivity contribution in [3.8, 4) is 0 Å². The Labute approximate surface area is 182 Å². The number of benzene rings is 2. The highest BCUT2D eigenvalue weighted by molar-refractivity contribution is 7.89. The Balaban J connectivity index is 1.43. The molecule has 1 amide bonds. The predicted molar refractivity (Wildman–Crippen MR) is 120 cm³/mol. The van der Waals surface area contributed by atoms with Crippen LogP contribution in [-0.4, -0.2) is 47.6 Å². The number of para-hydroxylation sites is 1. The van der Waals surface area contributed by atoms with Crippen molar-refractivity contribution in [3.05, 3.63) is 65.4 Å². The van der Waals surface area contributed by atoms with Gasteiger partial charge < -0.3 is 9.88 Å². The van der Waals surface area contributed by atoms with E-state index in [1.54, 1.807) is 24.3 Å². The largest absolute Gasteiger partial charge is 0.358 e.